The Morgan fingerprint density at radius 1 is 0.909 bits per heavy atom. The Labute approximate surface area is 191 Å². The second-order valence-electron chi connectivity index (χ2n) is 8.00. The first kappa shape index (κ1) is 21.1. The van der Waals surface area contributed by atoms with Crippen LogP contribution in [0, 0.1) is 0 Å². The number of amides is 1. The summed E-state index contributed by atoms with van der Waals surface area (Å²) in [5.74, 6) is -0.0751. The van der Waals surface area contributed by atoms with E-state index in [1.165, 1.54) is 6.07 Å². The number of nitrogens with one attached hydrogen (secondary N) is 1. The van der Waals surface area contributed by atoms with Crippen LogP contribution in [0.2, 0.25) is 0 Å². The largest absolute Gasteiger partial charge is 0.343 e. The highest BCUT2D eigenvalue weighted by Crippen LogP contribution is 2.31. The lowest BCUT2D eigenvalue weighted by Crippen LogP contribution is -2.43. The summed E-state index contributed by atoms with van der Waals surface area (Å²) in [5, 5.41) is 2.89. The number of carbonyl (C=O) groups excluding carboxylic acids is 2. The molecular weight excluding hydrogens is 438 g/mol. The molecule has 0 aromatic heterocycles. The van der Waals surface area contributed by atoms with Gasteiger partial charge >= 0.3 is 0 Å². The van der Waals surface area contributed by atoms with Gasteiger partial charge in [0.05, 0.1) is 0 Å². The summed E-state index contributed by atoms with van der Waals surface area (Å²) >= 11 is 0. The average Bonchev–Trinajstić information content (AvgIpc) is 3.42. The monoisotopic (exact) mass is 459 g/mol. The highest BCUT2D eigenvalue weighted by atomic mass is 32.2. The van der Waals surface area contributed by atoms with E-state index in [1.54, 1.807) is 71.6 Å². The fourth-order valence-electron chi connectivity index (χ4n) is 4.31. The van der Waals surface area contributed by atoms with Crippen molar-refractivity contribution in [3.05, 3.63) is 95.6 Å². The van der Waals surface area contributed by atoms with Crippen molar-refractivity contribution in [2.24, 2.45) is 4.40 Å². The third-order valence-corrected chi connectivity index (χ3v) is 7.19. The van der Waals surface area contributed by atoms with Crippen molar-refractivity contribution >= 4 is 33.2 Å². The van der Waals surface area contributed by atoms with E-state index in [0.717, 1.165) is 6.42 Å². The normalized spacial score (nSPS) is 18.5. The lowest BCUT2D eigenvalue weighted by molar-refractivity contribution is -0.119. The van der Waals surface area contributed by atoms with Gasteiger partial charge in [-0.25, -0.2) is 0 Å². The standard InChI is InChI=1S/C25H21N3O4S/c29-23(17-8-2-1-3-9-17)18-10-6-11-19(16-18)26-25(30)21-13-7-15-28(21)24-20-12-4-5-14-22(20)33(31,32)27-24/h1-6,8-12,14,16,21H,7,13,15H2,(H,26,30)/t21-/m0/s1. The lowest BCUT2D eigenvalue weighted by atomic mass is 10.0. The highest BCUT2D eigenvalue weighted by molar-refractivity contribution is 7.90. The Kier molecular flexibility index (Phi) is 5.30. The first-order valence-corrected chi connectivity index (χ1v) is 12.1. The molecule has 1 N–H and O–H groups in total. The second kappa shape index (κ2) is 8.29. The van der Waals surface area contributed by atoms with Crippen LogP contribution in [-0.4, -0.2) is 43.4 Å². The summed E-state index contributed by atoms with van der Waals surface area (Å²) in [6, 6.07) is 21.9. The molecule has 2 heterocycles. The molecule has 1 atom stereocenters. The maximum absolute atomic E-state index is 13.2. The molecule has 166 valence electrons. The molecule has 1 saturated heterocycles. The molecule has 2 aliphatic rings. The molecule has 1 fully saturated rings. The Bertz CT molecular complexity index is 1380. The van der Waals surface area contributed by atoms with Crippen molar-refractivity contribution in [1.29, 1.82) is 0 Å². The molecule has 1 amide bonds. The minimum Gasteiger partial charge on any atom is -0.343 e. The van der Waals surface area contributed by atoms with E-state index >= 15 is 0 Å². The van der Waals surface area contributed by atoms with E-state index in [9.17, 15) is 18.0 Å². The number of hydrogen-bond acceptors (Lipinski definition) is 5. The molecule has 3 aromatic carbocycles. The van der Waals surface area contributed by atoms with E-state index < -0.39 is 16.1 Å². The molecular formula is C25H21N3O4S. The summed E-state index contributed by atoms with van der Waals surface area (Å²) in [7, 11) is -3.76. The maximum Gasteiger partial charge on any atom is 0.285 e. The first-order valence-electron chi connectivity index (χ1n) is 10.7. The molecule has 2 aliphatic heterocycles. The average molecular weight is 460 g/mol. The summed E-state index contributed by atoms with van der Waals surface area (Å²) < 4.78 is 28.9. The SMILES string of the molecule is O=C(c1ccccc1)c1cccc(NC(=O)[C@@H]2CCCN2C2=NS(=O)(=O)c3ccccc32)c1. The van der Waals surface area contributed by atoms with Gasteiger partial charge in [0.1, 0.15) is 10.9 Å². The quantitative estimate of drug-likeness (QED) is 0.603. The Morgan fingerprint density at radius 3 is 2.45 bits per heavy atom. The zero-order valence-corrected chi connectivity index (χ0v) is 18.5. The van der Waals surface area contributed by atoms with Crippen molar-refractivity contribution in [3.8, 4) is 0 Å². The summed E-state index contributed by atoms with van der Waals surface area (Å²) in [4.78, 5) is 27.8. The summed E-state index contributed by atoms with van der Waals surface area (Å²) in [5.41, 5.74) is 2.08. The van der Waals surface area contributed by atoms with Gasteiger partial charge in [-0.2, -0.15) is 8.42 Å². The Balaban J connectivity index is 1.37. The molecule has 0 bridgehead atoms. The van der Waals surface area contributed by atoms with Crippen LogP contribution in [0.5, 0.6) is 0 Å². The summed E-state index contributed by atoms with van der Waals surface area (Å²) in [6.45, 7) is 0.535. The first-order chi connectivity index (χ1) is 15.9. The number of likely N-dealkylation sites (tertiary alicyclic amines) is 1. The van der Waals surface area contributed by atoms with Gasteiger partial charge in [-0.05, 0) is 37.1 Å². The Morgan fingerprint density at radius 2 is 1.64 bits per heavy atom. The zero-order valence-electron chi connectivity index (χ0n) is 17.6. The van der Waals surface area contributed by atoms with E-state index in [2.05, 4.69) is 9.71 Å². The number of nitrogens with zero attached hydrogens (tertiary/aromatic N) is 2. The number of benzene rings is 3. The predicted octanol–water partition coefficient (Wildman–Crippen LogP) is 3.47. The van der Waals surface area contributed by atoms with E-state index in [1.807, 2.05) is 6.07 Å². The van der Waals surface area contributed by atoms with Crippen molar-refractivity contribution < 1.29 is 18.0 Å². The van der Waals surface area contributed by atoms with Gasteiger partial charge in [-0.1, -0.05) is 54.6 Å². The number of anilines is 1. The number of hydrogen-bond donors (Lipinski definition) is 1. The second-order valence-corrected chi connectivity index (χ2v) is 9.58. The van der Waals surface area contributed by atoms with Gasteiger partial charge in [0.2, 0.25) is 5.91 Å². The molecule has 33 heavy (non-hydrogen) atoms. The van der Waals surface area contributed by atoms with Crippen molar-refractivity contribution in [1.82, 2.24) is 4.90 Å². The molecule has 8 heteroatoms. The van der Waals surface area contributed by atoms with Crippen LogP contribution in [0.4, 0.5) is 5.69 Å². The van der Waals surface area contributed by atoms with Crippen LogP contribution in [0.25, 0.3) is 0 Å². The molecule has 0 unspecified atom stereocenters. The minimum atomic E-state index is -3.76. The maximum atomic E-state index is 13.2. The molecule has 5 rings (SSSR count). The molecule has 0 spiro atoms. The van der Waals surface area contributed by atoms with Crippen LogP contribution in [0.3, 0.4) is 0 Å². The van der Waals surface area contributed by atoms with Gasteiger partial charge in [-0.3, -0.25) is 9.59 Å². The topological polar surface area (TPSA) is 95.9 Å². The van der Waals surface area contributed by atoms with Gasteiger partial charge in [0.15, 0.2) is 11.6 Å². The molecule has 0 aliphatic carbocycles. The fraction of sp³-hybridized carbons (Fsp3) is 0.160. The van der Waals surface area contributed by atoms with Gasteiger partial charge in [0, 0.05) is 28.9 Å². The van der Waals surface area contributed by atoms with Crippen molar-refractivity contribution in [2.45, 2.75) is 23.8 Å². The number of ketones is 1. The number of amidine groups is 1. The molecule has 7 nitrogen and oxygen atoms in total. The Hall–Kier alpha value is -3.78. The zero-order chi connectivity index (χ0) is 23.0. The number of rotatable bonds is 4. The van der Waals surface area contributed by atoms with Crippen molar-refractivity contribution in [3.63, 3.8) is 0 Å². The van der Waals surface area contributed by atoms with E-state index in [0.29, 0.717) is 41.2 Å². The van der Waals surface area contributed by atoms with E-state index in [4.69, 9.17) is 0 Å². The fourth-order valence-corrected chi connectivity index (χ4v) is 5.53. The van der Waals surface area contributed by atoms with Crippen molar-refractivity contribution in [2.75, 3.05) is 11.9 Å². The van der Waals surface area contributed by atoms with E-state index in [-0.39, 0.29) is 16.6 Å². The minimum absolute atomic E-state index is 0.128. The molecule has 0 saturated carbocycles. The smallest absolute Gasteiger partial charge is 0.285 e. The van der Waals surface area contributed by atoms with Crippen LogP contribution < -0.4 is 5.32 Å². The third-order valence-electron chi connectivity index (χ3n) is 5.87. The van der Waals surface area contributed by atoms with Crippen LogP contribution in [-0.2, 0) is 14.8 Å². The van der Waals surface area contributed by atoms with Crippen LogP contribution in [0.1, 0.15) is 34.3 Å². The van der Waals surface area contributed by atoms with Crippen LogP contribution >= 0.6 is 0 Å². The van der Waals surface area contributed by atoms with Gasteiger partial charge in [-0.15, -0.1) is 4.40 Å². The lowest BCUT2D eigenvalue weighted by Gasteiger charge is -2.25. The predicted molar refractivity (Wildman–Crippen MR) is 125 cm³/mol. The highest BCUT2D eigenvalue weighted by Gasteiger charge is 2.39. The van der Waals surface area contributed by atoms with Crippen LogP contribution in [0.15, 0.2) is 88.2 Å². The number of sulfonamides is 1. The number of fused-ring (bicyclic) bond motifs is 1. The van der Waals surface area contributed by atoms with Gasteiger partial charge < -0.3 is 10.2 Å². The molecule has 3 aromatic rings. The third kappa shape index (κ3) is 3.93. The summed E-state index contributed by atoms with van der Waals surface area (Å²) in [6.07, 6.45) is 1.32. The molecule has 0 radical (unpaired) electrons. The van der Waals surface area contributed by atoms with Gasteiger partial charge in [0.25, 0.3) is 10.0 Å². The number of carbonyl (C=O) groups is 2.